The second kappa shape index (κ2) is 12.6. The highest BCUT2D eigenvalue weighted by Crippen LogP contribution is 2.40. The van der Waals surface area contributed by atoms with Gasteiger partial charge in [0.1, 0.15) is 11.5 Å². The van der Waals surface area contributed by atoms with E-state index >= 15 is 0 Å². The summed E-state index contributed by atoms with van der Waals surface area (Å²) >= 11 is 0. The van der Waals surface area contributed by atoms with Gasteiger partial charge < -0.3 is 20.1 Å². The largest absolute Gasteiger partial charge is 0.496 e. The van der Waals surface area contributed by atoms with Gasteiger partial charge >= 0.3 is 0 Å². The van der Waals surface area contributed by atoms with Crippen molar-refractivity contribution in [2.24, 2.45) is 11.8 Å². The minimum absolute atomic E-state index is 0.0180. The first kappa shape index (κ1) is 28.2. The zero-order valence-electron chi connectivity index (χ0n) is 22.6. The van der Waals surface area contributed by atoms with Crippen LogP contribution in [0.25, 0.3) is 11.3 Å². The normalized spacial score (nSPS) is 13.1. The Kier molecular flexibility index (Phi) is 10.2. The van der Waals surface area contributed by atoms with Crippen LogP contribution in [-0.4, -0.2) is 47.9 Å². The molecule has 8 nitrogen and oxygen atoms in total. The lowest BCUT2D eigenvalue weighted by Gasteiger charge is -2.21. The van der Waals surface area contributed by atoms with Gasteiger partial charge in [0.2, 0.25) is 5.91 Å². The van der Waals surface area contributed by atoms with Crippen molar-refractivity contribution in [1.29, 1.82) is 0 Å². The lowest BCUT2D eigenvalue weighted by atomic mass is 10.0. The molecule has 2 aromatic rings. The van der Waals surface area contributed by atoms with E-state index in [1.54, 1.807) is 20.3 Å². The molecule has 0 aliphatic heterocycles. The maximum Gasteiger partial charge on any atom is 0.272 e. The van der Waals surface area contributed by atoms with E-state index in [-0.39, 0.29) is 42.3 Å². The molecule has 2 rings (SSSR count). The topological polar surface area (TPSA) is 94.5 Å². The Morgan fingerprint density at radius 3 is 2.06 bits per heavy atom. The summed E-state index contributed by atoms with van der Waals surface area (Å²) in [6.07, 6.45) is 0.909. The molecule has 1 unspecified atom stereocenters. The number of hydrogen-bond acceptors (Lipinski definition) is 5. The van der Waals surface area contributed by atoms with E-state index in [1.165, 1.54) is 0 Å². The summed E-state index contributed by atoms with van der Waals surface area (Å²) in [6, 6.07) is 7.13. The highest BCUT2D eigenvalue weighted by atomic mass is 16.5. The van der Waals surface area contributed by atoms with Crippen LogP contribution >= 0.6 is 0 Å². The van der Waals surface area contributed by atoms with Gasteiger partial charge in [-0.25, -0.2) is 0 Å². The van der Waals surface area contributed by atoms with Crippen molar-refractivity contribution in [3.8, 4) is 22.8 Å². The molecule has 0 saturated heterocycles. The van der Waals surface area contributed by atoms with Crippen LogP contribution in [0.5, 0.6) is 11.5 Å². The zero-order valence-corrected chi connectivity index (χ0v) is 22.6. The maximum atomic E-state index is 13.4. The first-order valence-corrected chi connectivity index (χ1v) is 12.4. The van der Waals surface area contributed by atoms with E-state index < -0.39 is 0 Å². The molecule has 1 aromatic heterocycles. The summed E-state index contributed by atoms with van der Waals surface area (Å²) in [4.78, 5) is 25.8. The number of ether oxygens (including phenoxy) is 2. The molecular formula is C27H42N4O4. The van der Waals surface area contributed by atoms with Crippen LogP contribution in [0.1, 0.15) is 77.8 Å². The minimum Gasteiger partial charge on any atom is -0.496 e. The van der Waals surface area contributed by atoms with E-state index in [2.05, 4.69) is 45.3 Å². The van der Waals surface area contributed by atoms with Gasteiger partial charge in [0, 0.05) is 18.5 Å². The van der Waals surface area contributed by atoms with Crippen molar-refractivity contribution in [1.82, 2.24) is 20.4 Å². The van der Waals surface area contributed by atoms with Crippen molar-refractivity contribution in [2.75, 3.05) is 14.2 Å². The van der Waals surface area contributed by atoms with Gasteiger partial charge in [-0.1, -0.05) is 33.8 Å². The van der Waals surface area contributed by atoms with Crippen LogP contribution in [0.3, 0.4) is 0 Å². The van der Waals surface area contributed by atoms with E-state index in [0.717, 1.165) is 11.3 Å². The average molecular weight is 487 g/mol. The third-order valence-corrected chi connectivity index (χ3v) is 5.98. The predicted octanol–water partition coefficient (Wildman–Crippen LogP) is 4.84. The molecule has 0 aliphatic rings. The Morgan fingerprint density at radius 1 is 0.971 bits per heavy atom. The number of methoxy groups -OCH3 is 2. The number of amides is 2. The van der Waals surface area contributed by atoms with Gasteiger partial charge in [0.25, 0.3) is 5.91 Å². The number of carbonyl (C=O) groups excluding carboxylic acids is 2. The molecule has 2 atom stereocenters. The molecular weight excluding hydrogens is 444 g/mol. The molecule has 1 heterocycles. The molecule has 0 bridgehead atoms. The van der Waals surface area contributed by atoms with Gasteiger partial charge in [0.05, 0.1) is 31.5 Å². The van der Waals surface area contributed by atoms with Gasteiger partial charge in [-0.05, 0) is 57.2 Å². The Labute approximate surface area is 209 Å². The van der Waals surface area contributed by atoms with Crippen LogP contribution in [-0.2, 0) is 4.79 Å². The number of aromatic nitrogens is 2. The van der Waals surface area contributed by atoms with Crippen LogP contribution in [0.15, 0.2) is 24.3 Å². The molecule has 2 amide bonds. The smallest absolute Gasteiger partial charge is 0.272 e. The van der Waals surface area contributed by atoms with E-state index in [4.69, 9.17) is 14.6 Å². The number of rotatable bonds is 12. The molecule has 0 radical (unpaired) electrons. The fourth-order valence-electron chi connectivity index (χ4n) is 4.01. The second-order valence-corrected chi connectivity index (χ2v) is 10.1. The van der Waals surface area contributed by atoms with E-state index in [0.29, 0.717) is 29.5 Å². The first-order chi connectivity index (χ1) is 16.5. The molecule has 194 valence electrons. The average Bonchev–Trinajstić information content (AvgIpc) is 3.21. The summed E-state index contributed by atoms with van der Waals surface area (Å²) in [5.74, 6) is 1.48. The molecule has 0 fully saturated rings. The molecule has 2 N–H and O–H groups in total. The molecule has 1 aromatic carbocycles. The monoisotopic (exact) mass is 486 g/mol. The SMILES string of the molecule is COc1cccc(OC)c1-c1cc(C(=O)N[C@H](CC(=O)NC(C)C)CC(C)C)nn1C(C)C(C)C. The standard InChI is InChI=1S/C27H42N4O4/c1-16(2)13-20(14-25(32)28-18(5)6)29-27(33)21-15-22(31(30-21)19(7)17(3)4)26-23(34-8)11-10-12-24(26)35-9/h10-12,15-20H,13-14H2,1-9H3,(H,28,32)(H,29,33)/t19?,20-/m0/s1. The Morgan fingerprint density at radius 2 is 1.57 bits per heavy atom. The lowest BCUT2D eigenvalue weighted by Crippen LogP contribution is -2.41. The van der Waals surface area contributed by atoms with Crippen LogP contribution in [0.4, 0.5) is 0 Å². The van der Waals surface area contributed by atoms with Gasteiger partial charge in [-0.3, -0.25) is 14.3 Å². The third kappa shape index (κ3) is 7.47. The number of benzene rings is 1. The van der Waals surface area contributed by atoms with Crippen LogP contribution < -0.4 is 20.1 Å². The molecule has 0 spiro atoms. The van der Waals surface area contributed by atoms with Crippen LogP contribution in [0.2, 0.25) is 0 Å². The van der Waals surface area contributed by atoms with Crippen molar-refractivity contribution < 1.29 is 19.1 Å². The fraction of sp³-hybridized carbons (Fsp3) is 0.593. The molecule has 35 heavy (non-hydrogen) atoms. The Balaban J connectivity index is 2.47. The Bertz CT molecular complexity index is 975. The first-order valence-electron chi connectivity index (χ1n) is 12.4. The highest BCUT2D eigenvalue weighted by molar-refractivity contribution is 5.94. The van der Waals surface area contributed by atoms with Crippen molar-refractivity contribution in [2.45, 2.75) is 79.4 Å². The fourth-order valence-corrected chi connectivity index (χ4v) is 4.01. The van der Waals surface area contributed by atoms with Crippen molar-refractivity contribution in [3.05, 3.63) is 30.0 Å². The van der Waals surface area contributed by atoms with E-state index in [1.807, 2.05) is 36.7 Å². The number of nitrogens with zero attached hydrogens (tertiary/aromatic N) is 2. The highest BCUT2D eigenvalue weighted by Gasteiger charge is 2.26. The number of nitrogens with one attached hydrogen (secondary N) is 2. The summed E-state index contributed by atoms with van der Waals surface area (Å²) in [5, 5.41) is 10.7. The summed E-state index contributed by atoms with van der Waals surface area (Å²) in [7, 11) is 3.22. The summed E-state index contributed by atoms with van der Waals surface area (Å²) < 4.78 is 13.1. The van der Waals surface area contributed by atoms with Crippen LogP contribution in [0, 0.1) is 11.8 Å². The third-order valence-electron chi connectivity index (χ3n) is 5.98. The maximum absolute atomic E-state index is 13.4. The number of hydrogen-bond donors (Lipinski definition) is 2. The lowest BCUT2D eigenvalue weighted by molar-refractivity contribution is -0.122. The quantitative estimate of drug-likeness (QED) is 0.448. The Hall–Kier alpha value is -3.03. The minimum atomic E-state index is -0.308. The van der Waals surface area contributed by atoms with Gasteiger partial charge in [0.15, 0.2) is 5.69 Å². The van der Waals surface area contributed by atoms with Gasteiger partial charge in [-0.2, -0.15) is 5.10 Å². The summed E-state index contributed by atoms with van der Waals surface area (Å²) in [6.45, 7) is 14.3. The van der Waals surface area contributed by atoms with Gasteiger partial charge in [-0.15, -0.1) is 0 Å². The van der Waals surface area contributed by atoms with Crippen molar-refractivity contribution >= 4 is 11.8 Å². The summed E-state index contributed by atoms with van der Waals surface area (Å²) in [5.41, 5.74) is 1.77. The molecule has 8 heteroatoms. The number of carbonyl (C=O) groups is 2. The zero-order chi connectivity index (χ0) is 26.3. The molecule has 0 aliphatic carbocycles. The second-order valence-electron chi connectivity index (χ2n) is 10.1. The van der Waals surface area contributed by atoms with E-state index in [9.17, 15) is 9.59 Å². The molecule has 0 saturated carbocycles. The predicted molar refractivity (Wildman–Crippen MR) is 139 cm³/mol. The van der Waals surface area contributed by atoms with Crippen molar-refractivity contribution in [3.63, 3.8) is 0 Å².